The first-order chi connectivity index (χ1) is 11.3. The summed E-state index contributed by atoms with van der Waals surface area (Å²) in [6, 6.07) is 4.04. The van der Waals surface area contributed by atoms with E-state index in [2.05, 4.69) is 31.8 Å². The Bertz CT molecular complexity index is 602. The molecule has 2 aromatic rings. The maximum absolute atomic E-state index is 4.35. The van der Waals surface area contributed by atoms with Gasteiger partial charge in [0.05, 0.1) is 0 Å². The number of unbranched alkanes of at least 4 members (excludes halogenated alkanes) is 1. The van der Waals surface area contributed by atoms with Crippen molar-refractivity contribution in [1.29, 1.82) is 0 Å². The number of aliphatic imine (C=N–C) groups is 1. The maximum Gasteiger partial charge on any atom is 0.191 e. The Morgan fingerprint density at radius 3 is 2.88 bits per heavy atom. The van der Waals surface area contributed by atoms with Crippen molar-refractivity contribution in [2.45, 2.75) is 19.4 Å². The van der Waals surface area contributed by atoms with Gasteiger partial charge in [-0.15, -0.1) is 24.0 Å². The number of guanidine groups is 1. The van der Waals surface area contributed by atoms with Crippen molar-refractivity contribution in [2.24, 2.45) is 4.99 Å². The minimum Gasteiger partial charge on any atom is -0.356 e. The molecule has 6 nitrogen and oxygen atoms in total. The second-order valence-corrected chi connectivity index (χ2v) is 6.03. The molecule has 0 amide bonds. The highest BCUT2D eigenvalue weighted by atomic mass is 127. The SMILES string of the molecule is CN=C(NCCCCSC)NCc1ccnc(-n2ccnc2)c1.I. The average molecular weight is 460 g/mol. The van der Waals surface area contributed by atoms with E-state index in [0.29, 0.717) is 6.54 Å². The van der Waals surface area contributed by atoms with E-state index >= 15 is 0 Å². The van der Waals surface area contributed by atoms with Crippen LogP contribution < -0.4 is 10.6 Å². The fraction of sp³-hybridized carbons (Fsp3) is 0.438. The van der Waals surface area contributed by atoms with Gasteiger partial charge in [0.2, 0.25) is 0 Å². The topological polar surface area (TPSA) is 67.1 Å². The number of rotatable bonds is 8. The molecule has 2 rings (SSSR count). The van der Waals surface area contributed by atoms with E-state index in [0.717, 1.165) is 30.3 Å². The molecule has 0 aliphatic heterocycles. The minimum atomic E-state index is 0. The van der Waals surface area contributed by atoms with Crippen LogP contribution in [-0.2, 0) is 6.54 Å². The van der Waals surface area contributed by atoms with E-state index < -0.39 is 0 Å². The molecule has 0 atom stereocenters. The van der Waals surface area contributed by atoms with Gasteiger partial charge in [0.25, 0.3) is 0 Å². The van der Waals surface area contributed by atoms with Crippen LogP contribution in [0.1, 0.15) is 18.4 Å². The summed E-state index contributed by atoms with van der Waals surface area (Å²) in [7, 11) is 1.79. The van der Waals surface area contributed by atoms with Gasteiger partial charge < -0.3 is 10.6 Å². The molecule has 8 heteroatoms. The zero-order valence-corrected chi connectivity index (χ0v) is 17.3. The molecule has 0 aromatic carbocycles. The Balaban J connectivity index is 0.00000288. The molecule has 2 N–H and O–H groups in total. The first kappa shape index (κ1) is 20.8. The van der Waals surface area contributed by atoms with Crippen molar-refractivity contribution in [1.82, 2.24) is 25.2 Å². The van der Waals surface area contributed by atoms with Crippen molar-refractivity contribution >= 4 is 41.7 Å². The van der Waals surface area contributed by atoms with Crippen molar-refractivity contribution in [2.75, 3.05) is 25.6 Å². The number of hydrogen-bond acceptors (Lipinski definition) is 4. The summed E-state index contributed by atoms with van der Waals surface area (Å²) in [6.45, 7) is 1.64. The summed E-state index contributed by atoms with van der Waals surface area (Å²) in [5.41, 5.74) is 1.15. The normalized spacial score (nSPS) is 11.0. The molecule has 0 aliphatic rings. The van der Waals surface area contributed by atoms with Crippen LogP contribution in [0, 0.1) is 0 Å². The fourth-order valence-corrected chi connectivity index (χ4v) is 2.58. The van der Waals surface area contributed by atoms with E-state index in [1.807, 2.05) is 40.9 Å². The van der Waals surface area contributed by atoms with Gasteiger partial charge in [-0.3, -0.25) is 9.56 Å². The van der Waals surface area contributed by atoms with Crippen LogP contribution in [0.5, 0.6) is 0 Å². The summed E-state index contributed by atoms with van der Waals surface area (Å²) in [4.78, 5) is 12.7. The average Bonchev–Trinajstić information content (AvgIpc) is 3.12. The van der Waals surface area contributed by atoms with E-state index in [1.54, 1.807) is 19.6 Å². The summed E-state index contributed by atoms with van der Waals surface area (Å²) in [5, 5.41) is 6.67. The molecular formula is C16H25IN6S. The first-order valence-electron chi connectivity index (χ1n) is 7.70. The standard InChI is InChI=1S/C16H24N6S.HI/c1-17-16(20-6-3-4-10-23-2)21-12-14-5-7-19-15(11-14)22-9-8-18-13-22;/h5,7-9,11,13H,3-4,6,10,12H2,1-2H3,(H2,17,20,21);1H. The molecule has 24 heavy (non-hydrogen) atoms. The summed E-state index contributed by atoms with van der Waals surface area (Å²) < 4.78 is 1.89. The van der Waals surface area contributed by atoms with Gasteiger partial charge >= 0.3 is 0 Å². The number of imidazole rings is 1. The Hall–Kier alpha value is -1.29. The van der Waals surface area contributed by atoms with E-state index in [9.17, 15) is 0 Å². The van der Waals surface area contributed by atoms with Gasteiger partial charge in [0.15, 0.2) is 5.96 Å². The van der Waals surface area contributed by atoms with E-state index in [1.165, 1.54) is 12.2 Å². The largest absolute Gasteiger partial charge is 0.356 e. The molecule has 0 unspecified atom stereocenters. The lowest BCUT2D eigenvalue weighted by molar-refractivity contribution is 0.732. The van der Waals surface area contributed by atoms with Crippen molar-refractivity contribution < 1.29 is 0 Å². The van der Waals surface area contributed by atoms with Crippen molar-refractivity contribution in [3.63, 3.8) is 0 Å². The van der Waals surface area contributed by atoms with Gasteiger partial charge in [0.1, 0.15) is 12.1 Å². The Labute approximate surface area is 165 Å². The lowest BCUT2D eigenvalue weighted by Gasteiger charge is -2.12. The molecule has 132 valence electrons. The summed E-state index contributed by atoms with van der Waals surface area (Å²) in [5.74, 6) is 2.90. The molecule has 2 heterocycles. The number of nitrogens with one attached hydrogen (secondary N) is 2. The zero-order chi connectivity index (χ0) is 16.3. The predicted octanol–water partition coefficient (Wildman–Crippen LogP) is 2.69. The van der Waals surface area contributed by atoms with Gasteiger partial charge in [-0.1, -0.05) is 0 Å². The van der Waals surface area contributed by atoms with Gasteiger partial charge in [-0.25, -0.2) is 9.97 Å². The number of hydrogen-bond donors (Lipinski definition) is 2. The van der Waals surface area contributed by atoms with Crippen LogP contribution in [0.2, 0.25) is 0 Å². The summed E-state index contributed by atoms with van der Waals surface area (Å²) in [6.07, 6.45) is 11.7. The van der Waals surface area contributed by atoms with Gasteiger partial charge in [0, 0.05) is 38.7 Å². The van der Waals surface area contributed by atoms with Crippen LogP contribution >= 0.6 is 35.7 Å². The molecule has 0 fully saturated rings. The monoisotopic (exact) mass is 460 g/mol. The van der Waals surface area contributed by atoms with Crippen LogP contribution in [-0.4, -0.2) is 46.1 Å². The number of thioether (sulfide) groups is 1. The van der Waals surface area contributed by atoms with Gasteiger partial charge in [-0.05, 0) is 42.5 Å². The first-order valence-corrected chi connectivity index (χ1v) is 9.09. The highest BCUT2D eigenvalue weighted by molar-refractivity contribution is 14.0. The Kier molecular flexibility index (Phi) is 10.5. The summed E-state index contributed by atoms with van der Waals surface area (Å²) >= 11 is 1.89. The van der Waals surface area contributed by atoms with Crippen LogP contribution in [0.15, 0.2) is 42.0 Å². The Morgan fingerprint density at radius 1 is 1.29 bits per heavy atom. The zero-order valence-electron chi connectivity index (χ0n) is 14.1. The molecular weight excluding hydrogens is 435 g/mol. The van der Waals surface area contributed by atoms with Crippen LogP contribution in [0.25, 0.3) is 5.82 Å². The van der Waals surface area contributed by atoms with Crippen molar-refractivity contribution in [3.8, 4) is 5.82 Å². The molecule has 0 spiro atoms. The van der Waals surface area contributed by atoms with E-state index in [-0.39, 0.29) is 24.0 Å². The number of nitrogens with zero attached hydrogens (tertiary/aromatic N) is 4. The maximum atomic E-state index is 4.35. The fourth-order valence-electron chi connectivity index (χ4n) is 2.09. The quantitative estimate of drug-likeness (QED) is 0.275. The second kappa shape index (κ2) is 12.1. The minimum absolute atomic E-state index is 0. The molecule has 2 aromatic heterocycles. The van der Waals surface area contributed by atoms with E-state index in [4.69, 9.17) is 0 Å². The van der Waals surface area contributed by atoms with Crippen molar-refractivity contribution in [3.05, 3.63) is 42.6 Å². The number of aromatic nitrogens is 3. The Morgan fingerprint density at radius 2 is 2.17 bits per heavy atom. The van der Waals surface area contributed by atoms with Crippen LogP contribution in [0.4, 0.5) is 0 Å². The third-order valence-corrected chi connectivity index (χ3v) is 4.03. The highest BCUT2D eigenvalue weighted by Gasteiger charge is 2.01. The second-order valence-electron chi connectivity index (χ2n) is 5.04. The molecule has 0 saturated heterocycles. The smallest absolute Gasteiger partial charge is 0.191 e. The predicted molar refractivity (Wildman–Crippen MR) is 113 cm³/mol. The molecule has 0 saturated carbocycles. The highest BCUT2D eigenvalue weighted by Crippen LogP contribution is 2.06. The molecule has 0 radical (unpaired) electrons. The number of pyridine rings is 1. The molecule has 0 bridgehead atoms. The lowest BCUT2D eigenvalue weighted by Crippen LogP contribution is -2.37. The lowest BCUT2D eigenvalue weighted by atomic mass is 10.2. The van der Waals surface area contributed by atoms with Crippen LogP contribution in [0.3, 0.4) is 0 Å². The number of halogens is 1. The molecule has 0 aliphatic carbocycles. The third-order valence-electron chi connectivity index (χ3n) is 3.33. The third kappa shape index (κ3) is 7.08. The van der Waals surface area contributed by atoms with Gasteiger partial charge in [-0.2, -0.15) is 11.8 Å².